The van der Waals surface area contributed by atoms with Gasteiger partial charge in [0.05, 0.1) is 13.6 Å². The maximum Gasteiger partial charge on any atom is 0.307 e. The van der Waals surface area contributed by atoms with Crippen LogP contribution in [0.2, 0.25) is 0 Å². The minimum atomic E-state index is 0.390. The van der Waals surface area contributed by atoms with Crippen molar-refractivity contribution in [3.8, 4) is 0 Å². The van der Waals surface area contributed by atoms with Gasteiger partial charge >= 0.3 is 5.65 Å². The average molecular weight is 439 g/mol. The van der Waals surface area contributed by atoms with Crippen LogP contribution in [0.25, 0.3) is 11.2 Å². The molecule has 4 rings (SSSR count). The molecule has 0 saturated heterocycles. The fraction of sp³-hybridized carbons (Fsp3) is 0.654. The average Bonchev–Trinajstić information content (AvgIpc) is 3.07. The van der Waals surface area contributed by atoms with Gasteiger partial charge in [-0.2, -0.15) is 4.98 Å². The first-order valence-corrected chi connectivity index (χ1v) is 12.1. The Hall–Kier alpha value is -2.21. The summed E-state index contributed by atoms with van der Waals surface area (Å²) in [6, 6.07) is 0. The van der Waals surface area contributed by atoms with E-state index >= 15 is 0 Å². The molecule has 2 aromatic rings. The molecule has 0 aliphatic heterocycles. The number of aromatic nitrogens is 4. The van der Waals surface area contributed by atoms with E-state index in [2.05, 4.69) is 60.4 Å². The van der Waals surface area contributed by atoms with E-state index in [1.54, 1.807) is 0 Å². The molecule has 3 atom stereocenters. The van der Waals surface area contributed by atoms with Crippen molar-refractivity contribution < 1.29 is 9.77 Å². The van der Waals surface area contributed by atoms with E-state index in [-0.39, 0.29) is 0 Å². The summed E-state index contributed by atoms with van der Waals surface area (Å²) in [6.45, 7) is 15.0. The van der Waals surface area contributed by atoms with E-state index < -0.39 is 0 Å². The Morgan fingerprint density at radius 2 is 2.12 bits per heavy atom. The zero-order chi connectivity index (χ0) is 23.1. The van der Waals surface area contributed by atoms with Crippen LogP contribution in [0, 0.1) is 22.7 Å². The Morgan fingerprint density at radius 3 is 2.88 bits per heavy atom. The number of hydrogen-bond acceptors (Lipinski definition) is 4. The van der Waals surface area contributed by atoms with E-state index in [1.165, 1.54) is 56.0 Å². The van der Waals surface area contributed by atoms with Gasteiger partial charge in [0.1, 0.15) is 0 Å². The molecule has 6 nitrogen and oxygen atoms in total. The van der Waals surface area contributed by atoms with Gasteiger partial charge in [0.2, 0.25) is 5.52 Å². The van der Waals surface area contributed by atoms with Gasteiger partial charge in [-0.25, -0.2) is 10.0 Å². The molecule has 174 valence electrons. The van der Waals surface area contributed by atoms with Crippen LogP contribution < -0.4 is 10.0 Å². The summed E-state index contributed by atoms with van der Waals surface area (Å²) in [5.41, 5.74) is 7.52. The minimum absolute atomic E-state index is 0.390. The molecule has 2 saturated carbocycles. The highest BCUT2D eigenvalue weighted by Gasteiger charge is 2.52. The number of aryl methyl sites for hydroxylation is 1. The van der Waals surface area contributed by atoms with Gasteiger partial charge in [-0.3, -0.25) is 9.77 Å². The Balaban J connectivity index is 1.48. The van der Waals surface area contributed by atoms with Crippen molar-refractivity contribution in [3.63, 3.8) is 0 Å². The molecule has 0 bridgehead atoms. The summed E-state index contributed by atoms with van der Waals surface area (Å²) >= 11 is 0. The Morgan fingerprint density at radius 1 is 1.34 bits per heavy atom. The summed E-state index contributed by atoms with van der Waals surface area (Å²) in [5.74, 6) is 1.85. The lowest BCUT2D eigenvalue weighted by Gasteiger charge is -2.58. The summed E-state index contributed by atoms with van der Waals surface area (Å²) in [5, 5.41) is 9.47. The van der Waals surface area contributed by atoms with Crippen LogP contribution in [0.5, 0.6) is 0 Å². The Kier molecular flexibility index (Phi) is 6.19. The molecule has 2 aromatic heterocycles. The summed E-state index contributed by atoms with van der Waals surface area (Å²) in [6.07, 6.45) is 14.6. The SMILES string of the molecule is C=C1CC[C@@H]2C(C)(C)CCC[C@@]2(C)[C@@H]1CCC(C)=CCn1c[n+](C)c2ncnc(NO)c21. The Bertz CT molecular complexity index is 1040. The fourth-order valence-corrected chi connectivity index (χ4v) is 6.97. The number of rotatable bonds is 6. The first kappa shape index (κ1) is 23.0. The maximum atomic E-state index is 9.47. The molecule has 2 aliphatic rings. The number of hydrogen-bond donors (Lipinski definition) is 2. The van der Waals surface area contributed by atoms with Gasteiger partial charge in [0, 0.05) is 0 Å². The third-order valence-electron chi connectivity index (χ3n) is 8.63. The molecular formula is C26H40N5O+. The van der Waals surface area contributed by atoms with Crippen LogP contribution >= 0.6 is 0 Å². The number of anilines is 1. The van der Waals surface area contributed by atoms with Crippen molar-refractivity contribution in [1.29, 1.82) is 0 Å². The van der Waals surface area contributed by atoms with Crippen LogP contribution in [-0.2, 0) is 13.6 Å². The zero-order valence-corrected chi connectivity index (χ0v) is 20.5. The summed E-state index contributed by atoms with van der Waals surface area (Å²) in [4.78, 5) is 8.50. The van der Waals surface area contributed by atoms with E-state index in [9.17, 15) is 5.21 Å². The van der Waals surface area contributed by atoms with Crippen molar-refractivity contribution in [3.05, 3.63) is 36.5 Å². The molecule has 0 unspecified atom stereocenters. The van der Waals surface area contributed by atoms with Gasteiger partial charge in [0.25, 0.3) is 0 Å². The minimum Gasteiger partial charge on any atom is -0.290 e. The first-order valence-electron chi connectivity index (χ1n) is 12.1. The third-order valence-corrected chi connectivity index (χ3v) is 8.63. The lowest BCUT2D eigenvalue weighted by molar-refractivity contribution is -0.647. The van der Waals surface area contributed by atoms with Crippen molar-refractivity contribution in [2.45, 2.75) is 79.2 Å². The molecule has 0 aromatic carbocycles. The molecule has 32 heavy (non-hydrogen) atoms. The second-order valence-corrected chi connectivity index (χ2v) is 11.1. The summed E-state index contributed by atoms with van der Waals surface area (Å²) in [7, 11) is 1.96. The normalized spacial score (nSPS) is 28.1. The fourth-order valence-electron chi connectivity index (χ4n) is 6.97. The van der Waals surface area contributed by atoms with Crippen molar-refractivity contribution in [1.82, 2.24) is 14.5 Å². The summed E-state index contributed by atoms with van der Waals surface area (Å²) < 4.78 is 4.04. The van der Waals surface area contributed by atoms with Crippen LogP contribution in [0.1, 0.15) is 72.6 Å². The second kappa shape index (κ2) is 8.62. The smallest absolute Gasteiger partial charge is 0.290 e. The predicted molar refractivity (Wildman–Crippen MR) is 128 cm³/mol. The zero-order valence-electron chi connectivity index (χ0n) is 20.5. The topological polar surface area (TPSA) is 66.9 Å². The van der Waals surface area contributed by atoms with Gasteiger partial charge < -0.3 is 0 Å². The number of fused-ring (bicyclic) bond motifs is 2. The molecule has 0 amide bonds. The van der Waals surface area contributed by atoms with Crippen molar-refractivity contribution in [2.75, 3.05) is 5.48 Å². The highest BCUT2D eigenvalue weighted by atomic mass is 16.5. The van der Waals surface area contributed by atoms with Gasteiger partial charge in [0.15, 0.2) is 18.5 Å². The molecule has 2 heterocycles. The van der Waals surface area contributed by atoms with Gasteiger partial charge in [-0.1, -0.05) is 56.0 Å². The van der Waals surface area contributed by atoms with Gasteiger partial charge in [-0.05, 0) is 68.1 Å². The highest BCUT2D eigenvalue weighted by molar-refractivity contribution is 5.80. The third kappa shape index (κ3) is 3.98. The maximum absolute atomic E-state index is 9.47. The molecule has 0 radical (unpaired) electrons. The van der Waals surface area contributed by atoms with Crippen LogP contribution in [0.4, 0.5) is 5.82 Å². The number of allylic oxidation sites excluding steroid dienone is 3. The molecule has 2 aliphatic carbocycles. The highest BCUT2D eigenvalue weighted by Crippen LogP contribution is 2.61. The second-order valence-electron chi connectivity index (χ2n) is 11.1. The number of nitrogens with zero attached hydrogens (tertiary/aromatic N) is 4. The van der Waals surface area contributed by atoms with E-state index in [0.717, 1.165) is 30.0 Å². The van der Waals surface area contributed by atoms with Crippen LogP contribution in [-0.4, -0.2) is 19.7 Å². The molecule has 6 heteroatoms. The van der Waals surface area contributed by atoms with E-state index in [1.807, 2.05) is 17.9 Å². The molecule has 2 fully saturated rings. The molecule has 2 N–H and O–H groups in total. The van der Waals surface area contributed by atoms with Gasteiger partial charge in [-0.15, -0.1) is 0 Å². The quantitative estimate of drug-likeness (QED) is 0.351. The standard InChI is InChI=1S/C26H40N5O/c1-18(12-15-31-17-30(6)24-22(31)23(29-32)27-16-28-24)8-10-20-19(2)9-11-21-25(3,4)13-7-14-26(20,21)5/h12,16-17,20-21,32H,2,7-11,13-15H2,1,3-6H3,(H,27,28,29)/q+1/t20-,21-,26+/m1/s1. The predicted octanol–water partition coefficient (Wildman–Crippen LogP) is 5.58. The van der Waals surface area contributed by atoms with E-state index in [4.69, 9.17) is 0 Å². The Labute approximate surface area is 192 Å². The molecule has 0 spiro atoms. The van der Waals surface area contributed by atoms with Crippen molar-refractivity contribution in [2.24, 2.45) is 29.7 Å². The van der Waals surface area contributed by atoms with Crippen LogP contribution in [0.15, 0.2) is 36.5 Å². The van der Waals surface area contributed by atoms with E-state index in [0.29, 0.717) is 22.6 Å². The monoisotopic (exact) mass is 438 g/mol. The lowest BCUT2D eigenvalue weighted by atomic mass is 9.47. The molecular weight excluding hydrogens is 398 g/mol. The van der Waals surface area contributed by atoms with Crippen molar-refractivity contribution >= 4 is 17.0 Å². The number of nitrogens with one attached hydrogen (secondary N) is 1. The number of imidazole rings is 1. The lowest BCUT2D eigenvalue weighted by Crippen LogP contribution is -2.49. The largest absolute Gasteiger partial charge is 0.307 e. The first-order chi connectivity index (χ1) is 15.2. The van der Waals surface area contributed by atoms with Crippen LogP contribution in [0.3, 0.4) is 0 Å².